The number of hydrogen-bond donors (Lipinski definition) is 1. The molecule has 38 heavy (non-hydrogen) atoms. The minimum Gasteiger partial charge on any atom is -0.323 e. The molecule has 1 atom stereocenters. The predicted molar refractivity (Wildman–Crippen MR) is 151 cm³/mol. The van der Waals surface area contributed by atoms with Gasteiger partial charge in [0.05, 0.1) is 25.3 Å². The minimum atomic E-state index is -0.690. The van der Waals surface area contributed by atoms with Crippen LogP contribution in [-0.2, 0) is 24.2 Å². The Kier molecular flexibility index (Phi) is 7.69. The van der Waals surface area contributed by atoms with Crippen molar-refractivity contribution in [1.29, 1.82) is 0 Å². The van der Waals surface area contributed by atoms with Gasteiger partial charge in [0.2, 0.25) is 0 Å². The van der Waals surface area contributed by atoms with Crippen molar-refractivity contribution in [1.82, 2.24) is 14.9 Å². The number of anilines is 1. The molecule has 3 aromatic heterocycles. The maximum Gasteiger partial charge on any atom is 0.265 e. The van der Waals surface area contributed by atoms with E-state index >= 15 is 0 Å². The molecule has 1 N–H and O–H groups in total. The van der Waals surface area contributed by atoms with Gasteiger partial charge in [-0.3, -0.25) is 19.4 Å². The van der Waals surface area contributed by atoms with Gasteiger partial charge in [0, 0.05) is 37.5 Å². The van der Waals surface area contributed by atoms with E-state index in [1.807, 2.05) is 37.3 Å². The molecule has 0 radical (unpaired) electrons. The first kappa shape index (κ1) is 26.2. The molecule has 5 rings (SSSR count). The molecule has 1 aliphatic heterocycles. The van der Waals surface area contributed by atoms with Crippen LogP contribution in [0.5, 0.6) is 0 Å². The number of carbonyl (C=O) groups is 3. The van der Waals surface area contributed by atoms with Crippen molar-refractivity contribution in [3.63, 3.8) is 0 Å². The summed E-state index contributed by atoms with van der Waals surface area (Å²) in [5.41, 5.74) is 3.41. The maximum atomic E-state index is 13.7. The van der Waals surface area contributed by atoms with E-state index in [4.69, 9.17) is 11.6 Å². The van der Waals surface area contributed by atoms with Gasteiger partial charge >= 0.3 is 0 Å². The number of nitrogens with zero attached hydrogens (tertiary/aromatic N) is 3. The van der Waals surface area contributed by atoms with Gasteiger partial charge < -0.3 is 10.2 Å². The van der Waals surface area contributed by atoms with Gasteiger partial charge in [-0.25, -0.2) is 4.98 Å². The van der Waals surface area contributed by atoms with Gasteiger partial charge in [0.25, 0.3) is 11.8 Å². The number of aryl methyl sites for hydroxylation is 1. The van der Waals surface area contributed by atoms with Crippen LogP contribution >= 0.6 is 38.9 Å². The Labute approximate surface area is 237 Å². The molecular formula is C28H22BrClN4O3S. The lowest BCUT2D eigenvalue weighted by Crippen LogP contribution is -2.44. The fourth-order valence-electron chi connectivity index (χ4n) is 4.34. The van der Waals surface area contributed by atoms with Crippen molar-refractivity contribution in [2.45, 2.75) is 32.4 Å². The van der Waals surface area contributed by atoms with Gasteiger partial charge in [-0.2, -0.15) is 0 Å². The quantitative estimate of drug-likeness (QED) is 0.294. The predicted octanol–water partition coefficient (Wildman–Crippen LogP) is 5.89. The van der Waals surface area contributed by atoms with Crippen molar-refractivity contribution in [3.05, 3.63) is 109 Å². The normalized spacial score (nSPS) is 15.2. The number of pyridine rings is 2. The van der Waals surface area contributed by atoms with E-state index in [-0.39, 0.29) is 41.1 Å². The van der Waals surface area contributed by atoms with Gasteiger partial charge in [0.1, 0.15) is 5.82 Å². The molecule has 10 heteroatoms. The number of carbonyl (C=O) groups excluding carboxylic acids is 3. The van der Waals surface area contributed by atoms with Gasteiger partial charge in [0.15, 0.2) is 5.78 Å². The van der Waals surface area contributed by atoms with Crippen LogP contribution < -0.4 is 5.32 Å². The molecule has 0 saturated heterocycles. The monoisotopic (exact) mass is 608 g/mol. The summed E-state index contributed by atoms with van der Waals surface area (Å²) in [6.07, 6.45) is 3.81. The lowest BCUT2D eigenvalue weighted by Gasteiger charge is -2.29. The molecule has 2 amide bonds. The van der Waals surface area contributed by atoms with Crippen LogP contribution in [0.1, 0.15) is 42.4 Å². The van der Waals surface area contributed by atoms with Crippen molar-refractivity contribution in [2.24, 2.45) is 0 Å². The third-order valence-corrected chi connectivity index (χ3v) is 8.24. The third-order valence-electron chi connectivity index (χ3n) is 6.26. The second-order valence-electron chi connectivity index (χ2n) is 9.01. The van der Waals surface area contributed by atoms with Crippen molar-refractivity contribution < 1.29 is 14.4 Å². The number of Topliss-reactive ketones (excluding diaryl/α,β-unsaturated/α-hetero) is 1. The van der Waals surface area contributed by atoms with Crippen LogP contribution in [0.15, 0.2) is 70.8 Å². The summed E-state index contributed by atoms with van der Waals surface area (Å²) in [5.74, 6) is -0.239. The smallest absolute Gasteiger partial charge is 0.265 e. The van der Waals surface area contributed by atoms with Crippen LogP contribution in [-0.4, -0.2) is 38.5 Å². The summed E-state index contributed by atoms with van der Waals surface area (Å²) < 4.78 is 0.799. The standard InChI is InChI=1S/C28H22BrClN4O3S/c1-16-5-8-25(32-14-16)33-27(36)20-7-6-17(10-21(20)30)15-34-22(13-19-4-2-3-9-31-19)23(35)11-18-12-24(29)38-26(18)28(34)37/h2-10,12,14,22H,11,13,15H2,1H3,(H,32,33,36). The first-order chi connectivity index (χ1) is 18.3. The average Bonchev–Trinajstić information content (AvgIpc) is 3.23. The molecule has 0 bridgehead atoms. The fourth-order valence-corrected chi connectivity index (χ4v) is 6.26. The highest BCUT2D eigenvalue weighted by atomic mass is 79.9. The summed E-state index contributed by atoms with van der Waals surface area (Å²) in [5, 5.41) is 2.98. The molecule has 7 nitrogen and oxygen atoms in total. The lowest BCUT2D eigenvalue weighted by molar-refractivity contribution is -0.122. The summed E-state index contributed by atoms with van der Waals surface area (Å²) in [4.78, 5) is 50.7. The molecular weight excluding hydrogens is 588 g/mol. The van der Waals surface area contributed by atoms with Crippen LogP contribution in [0.4, 0.5) is 5.82 Å². The highest BCUT2D eigenvalue weighted by Crippen LogP contribution is 2.33. The highest BCUT2D eigenvalue weighted by Gasteiger charge is 2.37. The van der Waals surface area contributed by atoms with Crippen LogP contribution in [0.2, 0.25) is 5.02 Å². The number of thiophene rings is 1. The highest BCUT2D eigenvalue weighted by molar-refractivity contribution is 9.11. The Hall–Kier alpha value is -3.40. The van der Waals surface area contributed by atoms with Gasteiger partial charge in [-0.15, -0.1) is 11.3 Å². The third kappa shape index (κ3) is 5.70. The minimum absolute atomic E-state index is 0.0549. The Morgan fingerprint density at radius 2 is 2.00 bits per heavy atom. The van der Waals surface area contributed by atoms with E-state index in [1.165, 1.54) is 11.3 Å². The zero-order valence-corrected chi connectivity index (χ0v) is 23.4. The molecule has 0 fully saturated rings. The Morgan fingerprint density at radius 1 is 1.16 bits per heavy atom. The van der Waals surface area contributed by atoms with Gasteiger partial charge in [-0.1, -0.05) is 29.8 Å². The molecule has 0 aliphatic carbocycles. The SMILES string of the molecule is Cc1ccc(NC(=O)c2ccc(CN3C(=O)c4sc(Br)cc4CC(=O)C3Cc3ccccn3)cc2Cl)nc1. The summed E-state index contributed by atoms with van der Waals surface area (Å²) >= 11 is 11.3. The topological polar surface area (TPSA) is 92.3 Å². The van der Waals surface area contributed by atoms with Crippen LogP contribution in [0.3, 0.4) is 0 Å². The molecule has 192 valence electrons. The van der Waals surface area contributed by atoms with E-state index in [0.29, 0.717) is 22.7 Å². The number of aromatic nitrogens is 2. The van der Waals surface area contributed by atoms with E-state index in [2.05, 4.69) is 31.2 Å². The zero-order valence-electron chi connectivity index (χ0n) is 20.3. The van der Waals surface area contributed by atoms with E-state index in [9.17, 15) is 14.4 Å². The van der Waals surface area contributed by atoms with Crippen molar-refractivity contribution in [3.8, 4) is 0 Å². The number of hydrogen-bond acceptors (Lipinski definition) is 6. The van der Waals surface area contributed by atoms with E-state index < -0.39 is 6.04 Å². The maximum absolute atomic E-state index is 13.7. The molecule has 1 aromatic carbocycles. The molecule has 0 spiro atoms. The van der Waals surface area contributed by atoms with Crippen molar-refractivity contribution in [2.75, 3.05) is 5.32 Å². The lowest BCUT2D eigenvalue weighted by atomic mass is 10.0. The molecule has 1 aliphatic rings. The molecule has 4 aromatic rings. The summed E-state index contributed by atoms with van der Waals surface area (Å²) in [7, 11) is 0. The fraction of sp³-hybridized carbons (Fsp3) is 0.179. The van der Waals surface area contributed by atoms with Crippen molar-refractivity contribution >= 4 is 62.3 Å². The number of amides is 2. The largest absolute Gasteiger partial charge is 0.323 e. The number of fused-ring (bicyclic) bond motifs is 1. The second-order valence-corrected chi connectivity index (χ2v) is 11.8. The second kappa shape index (κ2) is 11.1. The zero-order chi connectivity index (χ0) is 26.8. The van der Waals surface area contributed by atoms with E-state index in [0.717, 1.165) is 20.6 Å². The summed E-state index contributed by atoms with van der Waals surface area (Å²) in [6, 6.07) is 15.3. The Balaban J connectivity index is 1.42. The van der Waals surface area contributed by atoms with Crippen LogP contribution in [0.25, 0.3) is 0 Å². The molecule has 0 saturated carbocycles. The number of rotatable bonds is 6. The Morgan fingerprint density at radius 3 is 2.71 bits per heavy atom. The number of ketones is 1. The molecule has 4 heterocycles. The number of benzene rings is 1. The number of nitrogens with one attached hydrogen (secondary N) is 1. The molecule has 1 unspecified atom stereocenters. The first-order valence-electron chi connectivity index (χ1n) is 11.8. The van der Waals surface area contributed by atoms with Crippen LogP contribution in [0, 0.1) is 6.92 Å². The van der Waals surface area contributed by atoms with Gasteiger partial charge in [-0.05, 0) is 75.9 Å². The number of halogens is 2. The average molecular weight is 610 g/mol. The summed E-state index contributed by atoms with van der Waals surface area (Å²) in [6.45, 7) is 2.06. The van der Waals surface area contributed by atoms with E-state index in [1.54, 1.807) is 41.6 Å². The first-order valence-corrected chi connectivity index (χ1v) is 13.8. The Bertz CT molecular complexity index is 1530.